The average Bonchev–Trinajstić information content (AvgIpc) is 2.52. The van der Waals surface area contributed by atoms with Crippen LogP contribution in [0.4, 0.5) is 0 Å². The van der Waals surface area contributed by atoms with Gasteiger partial charge in [-0.05, 0) is 17.7 Å². The molecule has 0 radical (unpaired) electrons. The number of carbonyl (C=O) groups excluding carboxylic acids is 2. The largest absolute Gasteiger partial charge is 0.502 e. The number of rotatable bonds is 3. The lowest BCUT2D eigenvalue weighted by molar-refractivity contribution is -0.156. The Morgan fingerprint density at radius 1 is 1.13 bits per heavy atom. The number of aliphatic hydroxyl groups excluding tert-OH is 4. The summed E-state index contributed by atoms with van der Waals surface area (Å²) in [6.45, 7) is 0. The van der Waals surface area contributed by atoms with Crippen LogP contribution in [0, 0.1) is 0 Å². The minimum Gasteiger partial charge on any atom is -0.502 e. The van der Waals surface area contributed by atoms with E-state index in [1.54, 1.807) is 30.3 Å². The summed E-state index contributed by atoms with van der Waals surface area (Å²) >= 11 is 0. The Kier molecular flexibility index (Phi) is 5.28. The summed E-state index contributed by atoms with van der Waals surface area (Å²) in [5.74, 6) is -3.12. The van der Waals surface area contributed by atoms with E-state index in [4.69, 9.17) is 0 Å². The molecule has 7 nitrogen and oxygen atoms in total. The van der Waals surface area contributed by atoms with Crippen molar-refractivity contribution in [3.8, 4) is 0 Å². The van der Waals surface area contributed by atoms with Crippen molar-refractivity contribution in [3.05, 3.63) is 53.3 Å². The first-order chi connectivity index (χ1) is 10.9. The summed E-state index contributed by atoms with van der Waals surface area (Å²) in [5.41, 5.74) is 0.386. The lowest BCUT2D eigenvalue weighted by Gasteiger charge is -2.26. The second-order valence-corrected chi connectivity index (χ2v) is 5.06. The SMILES string of the molecule is O=C(OC(=O)C1=CC(O)C(O)C(O)C1)C(O)=Cc1ccccc1. The molecule has 0 spiro atoms. The fourth-order valence-electron chi connectivity index (χ4n) is 2.07. The van der Waals surface area contributed by atoms with Crippen LogP contribution in [-0.2, 0) is 14.3 Å². The minimum atomic E-state index is -1.44. The third-order valence-electron chi connectivity index (χ3n) is 3.30. The highest BCUT2D eigenvalue weighted by Crippen LogP contribution is 2.21. The van der Waals surface area contributed by atoms with Crippen molar-refractivity contribution in [2.45, 2.75) is 24.7 Å². The van der Waals surface area contributed by atoms with Crippen LogP contribution in [0.5, 0.6) is 0 Å². The van der Waals surface area contributed by atoms with Gasteiger partial charge in [0.05, 0.1) is 6.10 Å². The predicted octanol–water partition coefficient (Wildman–Crippen LogP) is 0.0681. The molecule has 122 valence electrons. The second kappa shape index (κ2) is 7.19. The maximum absolute atomic E-state index is 11.8. The van der Waals surface area contributed by atoms with E-state index in [0.717, 1.165) is 12.2 Å². The van der Waals surface area contributed by atoms with Gasteiger partial charge in [0.2, 0.25) is 5.76 Å². The van der Waals surface area contributed by atoms with Gasteiger partial charge in [-0.2, -0.15) is 0 Å². The Bertz CT molecular complexity index is 648. The Labute approximate surface area is 131 Å². The fraction of sp³-hybridized carbons (Fsp3) is 0.250. The first-order valence-electron chi connectivity index (χ1n) is 6.85. The van der Waals surface area contributed by atoms with Crippen LogP contribution in [0.1, 0.15) is 12.0 Å². The first kappa shape index (κ1) is 16.9. The van der Waals surface area contributed by atoms with Crippen molar-refractivity contribution in [1.29, 1.82) is 0 Å². The quantitative estimate of drug-likeness (QED) is 0.269. The highest BCUT2D eigenvalue weighted by molar-refractivity contribution is 6.02. The highest BCUT2D eigenvalue weighted by atomic mass is 16.6. The van der Waals surface area contributed by atoms with Gasteiger partial charge in [0.25, 0.3) is 0 Å². The van der Waals surface area contributed by atoms with Gasteiger partial charge in [-0.15, -0.1) is 0 Å². The van der Waals surface area contributed by atoms with Crippen LogP contribution >= 0.6 is 0 Å². The third kappa shape index (κ3) is 4.26. The van der Waals surface area contributed by atoms with Gasteiger partial charge in [0.1, 0.15) is 12.2 Å². The summed E-state index contributed by atoms with van der Waals surface area (Å²) in [7, 11) is 0. The number of esters is 2. The number of benzene rings is 1. The maximum Gasteiger partial charge on any atom is 0.381 e. The Morgan fingerprint density at radius 2 is 1.78 bits per heavy atom. The van der Waals surface area contributed by atoms with Crippen LogP contribution in [0.3, 0.4) is 0 Å². The molecule has 0 aromatic heterocycles. The van der Waals surface area contributed by atoms with Crippen LogP contribution in [0.15, 0.2) is 47.7 Å². The van der Waals surface area contributed by atoms with Crippen molar-refractivity contribution >= 4 is 18.0 Å². The van der Waals surface area contributed by atoms with Crippen molar-refractivity contribution < 1.29 is 34.8 Å². The molecule has 0 bridgehead atoms. The molecule has 2 rings (SSSR count). The highest BCUT2D eigenvalue weighted by Gasteiger charge is 2.33. The van der Waals surface area contributed by atoms with E-state index in [0.29, 0.717) is 5.56 Å². The molecule has 0 aliphatic heterocycles. The van der Waals surface area contributed by atoms with Crippen molar-refractivity contribution in [3.63, 3.8) is 0 Å². The molecule has 0 saturated carbocycles. The van der Waals surface area contributed by atoms with Crippen LogP contribution in [-0.4, -0.2) is 50.7 Å². The van der Waals surface area contributed by atoms with E-state index in [1.807, 2.05) is 0 Å². The van der Waals surface area contributed by atoms with Gasteiger partial charge >= 0.3 is 11.9 Å². The van der Waals surface area contributed by atoms with Crippen LogP contribution < -0.4 is 0 Å². The molecule has 1 aromatic rings. The number of hydrogen-bond acceptors (Lipinski definition) is 7. The Balaban J connectivity index is 2.04. The first-order valence-corrected chi connectivity index (χ1v) is 6.85. The van der Waals surface area contributed by atoms with Gasteiger partial charge in [-0.1, -0.05) is 30.3 Å². The molecule has 0 heterocycles. The topological polar surface area (TPSA) is 124 Å². The molecule has 3 atom stereocenters. The van der Waals surface area contributed by atoms with Crippen LogP contribution in [0.25, 0.3) is 6.08 Å². The summed E-state index contributed by atoms with van der Waals surface area (Å²) in [5, 5.41) is 38.0. The zero-order valence-corrected chi connectivity index (χ0v) is 12.0. The smallest absolute Gasteiger partial charge is 0.381 e. The van der Waals surface area contributed by atoms with E-state index < -0.39 is 36.0 Å². The standard InChI is InChI=1S/C16H16O7/c17-11-7-10(8-12(18)14(11)20)15(21)23-16(22)13(19)6-9-4-2-1-3-5-9/h1-7,11-12,14,17-20H,8H2. The second-order valence-electron chi connectivity index (χ2n) is 5.06. The molecule has 3 unspecified atom stereocenters. The maximum atomic E-state index is 11.8. The van der Waals surface area contributed by atoms with E-state index in [-0.39, 0.29) is 12.0 Å². The molecule has 23 heavy (non-hydrogen) atoms. The van der Waals surface area contributed by atoms with Crippen molar-refractivity contribution in [2.75, 3.05) is 0 Å². The van der Waals surface area contributed by atoms with Crippen molar-refractivity contribution in [1.82, 2.24) is 0 Å². The van der Waals surface area contributed by atoms with Crippen LogP contribution in [0.2, 0.25) is 0 Å². The van der Waals surface area contributed by atoms with Gasteiger partial charge in [-0.25, -0.2) is 9.59 Å². The molecular weight excluding hydrogens is 304 g/mol. The molecule has 4 N–H and O–H groups in total. The zero-order valence-electron chi connectivity index (χ0n) is 12.0. The van der Waals surface area contributed by atoms with Gasteiger partial charge < -0.3 is 25.2 Å². The minimum absolute atomic E-state index is 0.156. The van der Waals surface area contributed by atoms with Gasteiger partial charge in [-0.3, -0.25) is 0 Å². The van der Waals surface area contributed by atoms with E-state index >= 15 is 0 Å². The number of ether oxygens (including phenoxy) is 1. The van der Waals surface area contributed by atoms with Gasteiger partial charge in [0, 0.05) is 12.0 Å². The summed E-state index contributed by atoms with van der Waals surface area (Å²) in [6.07, 6.45) is -2.32. The number of hydrogen-bond donors (Lipinski definition) is 4. The molecule has 7 heteroatoms. The Morgan fingerprint density at radius 3 is 2.39 bits per heavy atom. The Hall–Kier alpha value is -2.48. The predicted molar refractivity (Wildman–Crippen MR) is 78.9 cm³/mol. The summed E-state index contributed by atoms with van der Waals surface area (Å²) in [4.78, 5) is 23.5. The third-order valence-corrected chi connectivity index (χ3v) is 3.30. The zero-order chi connectivity index (χ0) is 17.0. The monoisotopic (exact) mass is 320 g/mol. The number of carbonyl (C=O) groups is 2. The lowest BCUT2D eigenvalue weighted by Crippen LogP contribution is -2.41. The van der Waals surface area contributed by atoms with E-state index in [1.165, 1.54) is 0 Å². The summed E-state index contributed by atoms with van der Waals surface area (Å²) < 4.78 is 4.49. The molecule has 1 aliphatic carbocycles. The number of aliphatic hydroxyl groups is 4. The average molecular weight is 320 g/mol. The normalized spacial score (nSPS) is 24.7. The lowest BCUT2D eigenvalue weighted by atomic mass is 9.92. The van der Waals surface area contributed by atoms with Crippen molar-refractivity contribution in [2.24, 2.45) is 0 Å². The van der Waals surface area contributed by atoms with E-state index in [9.17, 15) is 30.0 Å². The fourth-order valence-corrected chi connectivity index (χ4v) is 2.07. The van der Waals surface area contributed by atoms with E-state index in [2.05, 4.69) is 4.74 Å². The molecule has 0 fully saturated rings. The molecule has 1 aromatic carbocycles. The van der Waals surface area contributed by atoms with Gasteiger partial charge in [0.15, 0.2) is 0 Å². The molecule has 0 amide bonds. The molecular formula is C16H16O7. The summed E-state index contributed by atoms with van der Waals surface area (Å²) in [6, 6.07) is 8.45. The molecule has 1 aliphatic rings. The molecule has 0 saturated heterocycles.